The number of amides is 1. The molecule has 0 bridgehead atoms. The highest BCUT2D eigenvalue weighted by atomic mass is 79.9. The van der Waals surface area contributed by atoms with Crippen molar-refractivity contribution >= 4 is 29.8 Å². The van der Waals surface area contributed by atoms with E-state index in [1.54, 1.807) is 26.8 Å². The van der Waals surface area contributed by atoms with Crippen molar-refractivity contribution in [3.8, 4) is 5.75 Å². The third-order valence-corrected chi connectivity index (χ3v) is 8.38. The van der Waals surface area contributed by atoms with Crippen LogP contribution in [-0.4, -0.2) is 67.4 Å². The number of allylic oxidation sites excluding steroid dienone is 1. The van der Waals surface area contributed by atoms with Gasteiger partial charge >= 0.3 is 25.8 Å². The minimum Gasteiger partial charge on any atom is -0.494 e. The van der Waals surface area contributed by atoms with Crippen LogP contribution in [0.25, 0.3) is 0 Å². The van der Waals surface area contributed by atoms with Crippen LogP contribution < -0.4 is 10.1 Å². The lowest BCUT2D eigenvalue weighted by atomic mass is 10.0. The molecule has 3 unspecified atom stereocenters. The van der Waals surface area contributed by atoms with Gasteiger partial charge in [-0.05, 0) is 52.2 Å². The van der Waals surface area contributed by atoms with Crippen molar-refractivity contribution in [3.63, 3.8) is 0 Å². The van der Waals surface area contributed by atoms with Crippen LogP contribution in [0.2, 0.25) is 0 Å². The molecule has 0 saturated carbocycles. The van der Waals surface area contributed by atoms with Crippen molar-refractivity contribution in [2.24, 2.45) is 10.2 Å². The van der Waals surface area contributed by atoms with Gasteiger partial charge in [-0.15, -0.1) is 10.2 Å². The second-order valence-corrected chi connectivity index (χ2v) is 14.2. The summed E-state index contributed by atoms with van der Waals surface area (Å²) in [5.41, 5.74) is -3.18. The van der Waals surface area contributed by atoms with Gasteiger partial charge < -0.3 is 19.9 Å². The van der Waals surface area contributed by atoms with Crippen LogP contribution >= 0.6 is 23.8 Å². The van der Waals surface area contributed by atoms with Crippen molar-refractivity contribution in [3.05, 3.63) is 42.0 Å². The summed E-state index contributed by atoms with van der Waals surface area (Å²) in [4.78, 5) is 12.3. The van der Waals surface area contributed by atoms with Crippen molar-refractivity contribution < 1.29 is 50.7 Å². The standard InChI is InChI=1S/C30H46BrF3N3O8P/c1-28(2,3)45-27(39)35-25(22-44-46(40,41-4)43-21-19-31)26(38)14-12-10-8-6-5-7-9-11-13-20-42-24-17-15-23(16-18-24)29(36-37-29)30(32,33)34/h12,14-18,25-26,38H,5-11,13,19-22H2,1-4H3,(H,35,39)/b14-12+. The van der Waals surface area contributed by atoms with Crippen LogP contribution in [0.1, 0.15) is 77.7 Å². The number of hydrogen-bond donors (Lipinski definition) is 2. The van der Waals surface area contributed by atoms with Gasteiger partial charge in [0.15, 0.2) is 0 Å². The Morgan fingerprint density at radius 3 is 2.17 bits per heavy atom. The highest BCUT2D eigenvalue weighted by Gasteiger charge is 2.65. The predicted octanol–water partition coefficient (Wildman–Crippen LogP) is 8.36. The van der Waals surface area contributed by atoms with Crippen LogP contribution in [0.3, 0.4) is 0 Å². The van der Waals surface area contributed by atoms with Gasteiger partial charge in [0.1, 0.15) is 11.4 Å². The van der Waals surface area contributed by atoms with Crippen molar-refractivity contribution in [1.82, 2.24) is 5.32 Å². The van der Waals surface area contributed by atoms with Crippen molar-refractivity contribution in [2.75, 3.05) is 32.3 Å². The number of unbranched alkanes of at least 4 members (excludes halogenated alkanes) is 7. The molecule has 11 nitrogen and oxygen atoms in total. The van der Waals surface area contributed by atoms with Crippen LogP contribution in [0.4, 0.5) is 18.0 Å². The van der Waals surface area contributed by atoms with E-state index in [9.17, 15) is 27.6 Å². The Balaban J connectivity index is 1.63. The normalized spacial score (nSPS) is 17.0. The number of nitrogens with zero attached hydrogens (tertiary/aromatic N) is 2. The lowest BCUT2D eigenvalue weighted by molar-refractivity contribution is -0.166. The molecule has 0 aliphatic carbocycles. The summed E-state index contributed by atoms with van der Waals surface area (Å²) in [6, 6.07) is 4.73. The third kappa shape index (κ3) is 14.4. The zero-order valence-electron chi connectivity index (χ0n) is 26.8. The maximum Gasteiger partial charge on any atom is 0.474 e. The molecule has 3 atom stereocenters. The smallest absolute Gasteiger partial charge is 0.474 e. The molecular weight excluding hydrogens is 698 g/mol. The zero-order chi connectivity index (χ0) is 34.3. The Morgan fingerprint density at radius 2 is 1.63 bits per heavy atom. The quantitative estimate of drug-likeness (QED) is 0.0523. The molecule has 0 spiro atoms. The number of aliphatic hydroxyl groups excluding tert-OH is 1. The summed E-state index contributed by atoms with van der Waals surface area (Å²) in [7, 11) is -2.69. The van der Waals surface area contributed by atoms with Gasteiger partial charge in [-0.3, -0.25) is 13.6 Å². The summed E-state index contributed by atoms with van der Waals surface area (Å²) in [6.07, 6.45) is 4.54. The first-order chi connectivity index (χ1) is 21.6. The SMILES string of the molecule is COP(=O)(OCCBr)OCC(NC(=O)OC(C)(C)C)C(O)/C=C/CCCCCCCCCOc1ccc(C2(C(F)(F)F)N=N2)cc1. The van der Waals surface area contributed by atoms with E-state index in [1.807, 2.05) is 6.08 Å². The number of ether oxygens (including phenoxy) is 2. The fourth-order valence-electron chi connectivity index (χ4n) is 4.18. The molecule has 1 aromatic rings. The van der Waals surface area contributed by atoms with Gasteiger partial charge in [0.05, 0.1) is 32.0 Å². The average Bonchev–Trinajstić information content (AvgIpc) is 3.81. The van der Waals surface area contributed by atoms with E-state index < -0.39 is 43.5 Å². The van der Waals surface area contributed by atoms with E-state index in [0.717, 1.165) is 51.4 Å². The maximum absolute atomic E-state index is 13.1. The molecule has 0 radical (unpaired) electrons. The molecule has 1 aliphatic rings. The van der Waals surface area contributed by atoms with Crippen molar-refractivity contribution in [1.29, 1.82) is 0 Å². The minimum absolute atomic E-state index is 0.0181. The number of aliphatic hydroxyl groups is 1. The maximum atomic E-state index is 13.1. The second kappa shape index (κ2) is 19.1. The first-order valence-corrected chi connectivity index (χ1v) is 17.8. The first-order valence-electron chi connectivity index (χ1n) is 15.2. The summed E-state index contributed by atoms with van der Waals surface area (Å²) < 4.78 is 78.1. The topological polar surface area (TPSA) is 137 Å². The van der Waals surface area contributed by atoms with Gasteiger partial charge in [-0.1, -0.05) is 72.3 Å². The Morgan fingerprint density at radius 1 is 1.02 bits per heavy atom. The molecule has 1 aliphatic heterocycles. The number of phosphoric acid groups is 1. The molecule has 262 valence electrons. The lowest BCUT2D eigenvalue weighted by Gasteiger charge is -2.26. The molecule has 1 heterocycles. The highest BCUT2D eigenvalue weighted by molar-refractivity contribution is 9.09. The van der Waals surface area contributed by atoms with Crippen LogP contribution in [0, 0.1) is 0 Å². The molecule has 2 rings (SSSR count). The van der Waals surface area contributed by atoms with Crippen LogP contribution in [0.15, 0.2) is 46.6 Å². The number of alkyl carbamates (subject to hydrolysis) is 1. The fraction of sp³-hybridized carbons (Fsp3) is 0.700. The highest BCUT2D eigenvalue weighted by Crippen LogP contribution is 2.52. The number of halogens is 4. The Labute approximate surface area is 277 Å². The van der Waals surface area contributed by atoms with Gasteiger partial charge in [0.2, 0.25) is 0 Å². The number of rotatable bonds is 22. The summed E-state index contributed by atoms with van der Waals surface area (Å²) >= 11 is 3.17. The van der Waals surface area contributed by atoms with Gasteiger partial charge in [-0.2, -0.15) is 13.2 Å². The van der Waals surface area contributed by atoms with Gasteiger partial charge in [-0.25, -0.2) is 9.36 Å². The fourth-order valence-corrected chi connectivity index (χ4v) is 5.53. The van der Waals surface area contributed by atoms with E-state index in [2.05, 4.69) is 31.5 Å². The van der Waals surface area contributed by atoms with Crippen molar-refractivity contribution in [2.45, 2.75) is 102 Å². The Bertz CT molecular complexity index is 1160. The Kier molecular flexibility index (Phi) is 16.7. The number of nitrogens with one attached hydrogen (secondary N) is 1. The number of phosphoric ester groups is 1. The monoisotopic (exact) mass is 743 g/mol. The Hall–Kier alpha value is -2.03. The molecule has 16 heteroatoms. The molecule has 0 fully saturated rings. The number of carbonyl (C=O) groups excluding carboxylic acids is 1. The largest absolute Gasteiger partial charge is 0.494 e. The van der Waals surface area contributed by atoms with E-state index in [1.165, 1.54) is 31.4 Å². The molecule has 1 aromatic carbocycles. The lowest BCUT2D eigenvalue weighted by Crippen LogP contribution is -2.47. The van der Waals surface area contributed by atoms with E-state index in [-0.39, 0.29) is 18.8 Å². The van der Waals surface area contributed by atoms with Gasteiger partial charge in [0.25, 0.3) is 0 Å². The second-order valence-electron chi connectivity index (χ2n) is 11.6. The van der Waals surface area contributed by atoms with E-state index >= 15 is 0 Å². The molecule has 1 amide bonds. The third-order valence-electron chi connectivity index (χ3n) is 6.65. The number of benzene rings is 1. The average molecular weight is 745 g/mol. The molecule has 0 aromatic heterocycles. The first kappa shape index (κ1) is 40.1. The molecule has 46 heavy (non-hydrogen) atoms. The summed E-state index contributed by atoms with van der Waals surface area (Å²) in [6.45, 7) is 5.35. The number of hydrogen-bond acceptors (Lipinski definition) is 10. The van der Waals surface area contributed by atoms with Crippen LogP contribution in [0.5, 0.6) is 5.75 Å². The molecule has 0 saturated heterocycles. The van der Waals surface area contributed by atoms with E-state index in [4.69, 9.17) is 23.0 Å². The summed E-state index contributed by atoms with van der Waals surface area (Å²) in [5, 5.41) is 20.1. The van der Waals surface area contributed by atoms with E-state index in [0.29, 0.717) is 17.7 Å². The number of alkyl halides is 4. The zero-order valence-corrected chi connectivity index (χ0v) is 29.2. The minimum atomic E-state index is -4.54. The predicted molar refractivity (Wildman–Crippen MR) is 170 cm³/mol. The summed E-state index contributed by atoms with van der Waals surface area (Å²) in [5.74, 6) is 0.508. The van der Waals surface area contributed by atoms with Gasteiger partial charge in [0, 0.05) is 18.0 Å². The number of carbonyl (C=O) groups is 1. The van der Waals surface area contributed by atoms with Crippen LogP contribution in [-0.2, 0) is 28.5 Å². The molecular formula is C30H46BrF3N3O8P. The molecule has 2 N–H and O–H groups in total.